The van der Waals surface area contributed by atoms with Gasteiger partial charge >= 0.3 is 0 Å². The molecule has 1 N–H and O–H groups in total. The van der Waals surface area contributed by atoms with Gasteiger partial charge in [0.05, 0.1) is 16.3 Å². The number of pyridine rings is 1. The van der Waals surface area contributed by atoms with Gasteiger partial charge in [0.25, 0.3) is 0 Å². The van der Waals surface area contributed by atoms with Crippen LogP contribution in [0.25, 0.3) is 5.65 Å². The van der Waals surface area contributed by atoms with Crippen molar-refractivity contribution >= 4 is 15.5 Å². The molecule has 1 aromatic carbocycles. The standard InChI is InChI=1S/C18H21N3O2S/c1-14-6-8-17(9-7-14)24(22,23)13-15(2)19-11-16-12-21-10-4-3-5-18(21)20-16/h3-10,12,15,19H,11,13H2,1-2H3. The van der Waals surface area contributed by atoms with E-state index in [0.29, 0.717) is 11.4 Å². The van der Waals surface area contributed by atoms with Gasteiger partial charge in [-0.1, -0.05) is 23.8 Å². The molecule has 0 bridgehead atoms. The molecule has 24 heavy (non-hydrogen) atoms. The molecule has 0 fully saturated rings. The van der Waals surface area contributed by atoms with Gasteiger partial charge in [-0.2, -0.15) is 0 Å². The number of hydrogen-bond donors (Lipinski definition) is 1. The SMILES string of the molecule is Cc1ccc(S(=O)(=O)CC(C)NCc2cn3ccccc3n2)cc1. The van der Waals surface area contributed by atoms with E-state index in [0.717, 1.165) is 16.9 Å². The monoisotopic (exact) mass is 343 g/mol. The lowest BCUT2D eigenvalue weighted by Crippen LogP contribution is -2.32. The van der Waals surface area contributed by atoms with Gasteiger partial charge in [0.2, 0.25) is 0 Å². The predicted molar refractivity (Wildman–Crippen MR) is 94.7 cm³/mol. The third-order valence-corrected chi connectivity index (χ3v) is 5.82. The van der Waals surface area contributed by atoms with Crippen molar-refractivity contribution in [2.24, 2.45) is 0 Å². The lowest BCUT2D eigenvalue weighted by atomic mass is 10.2. The Bertz CT molecular complexity index is 897. The number of fused-ring (bicyclic) bond motifs is 1. The van der Waals surface area contributed by atoms with Gasteiger partial charge in [-0.25, -0.2) is 13.4 Å². The molecule has 0 saturated carbocycles. The summed E-state index contributed by atoms with van der Waals surface area (Å²) in [4.78, 5) is 4.87. The summed E-state index contributed by atoms with van der Waals surface area (Å²) in [5.74, 6) is 0.0590. The first-order valence-electron chi connectivity index (χ1n) is 7.89. The van der Waals surface area contributed by atoms with E-state index < -0.39 is 9.84 Å². The largest absolute Gasteiger partial charge is 0.308 e. The Morgan fingerprint density at radius 3 is 2.62 bits per heavy atom. The normalized spacial score (nSPS) is 13.2. The quantitative estimate of drug-likeness (QED) is 0.747. The fraction of sp³-hybridized carbons (Fsp3) is 0.278. The van der Waals surface area contributed by atoms with Crippen molar-refractivity contribution in [1.29, 1.82) is 0 Å². The van der Waals surface area contributed by atoms with Crippen LogP contribution in [0.3, 0.4) is 0 Å². The summed E-state index contributed by atoms with van der Waals surface area (Å²) in [7, 11) is -3.29. The number of hydrogen-bond acceptors (Lipinski definition) is 4. The molecule has 1 unspecified atom stereocenters. The summed E-state index contributed by atoms with van der Waals surface area (Å²) in [6.45, 7) is 4.35. The zero-order valence-corrected chi connectivity index (χ0v) is 14.6. The second kappa shape index (κ2) is 6.75. The van der Waals surface area contributed by atoms with E-state index in [1.165, 1.54) is 0 Å². The number of aromatic nitrogens is 2. The number of nitrogens with one attached hydrogen (secondary N) is 1. The third-order valence-electron chi connectivity index (χ3n) is 3.90. The highest BCUT2D eigenvalue weighted by atomic mass is 32.2. The second-order valence-electron chi connectivity index (χ2n) is 6.07. The van der Waals surface area contributed by atoms with Gasteiger partial charge in [0.15, 0.2) is 9.84 Å². The Hall–Kier alpha value is -2.18. The zero-order valence-electron chi connectivity index (χ0n) is 13.8. The van der Waals surface area contributed by atoms with Crippen molar-refractivity contribution in [1.82, 2.24) is 14.7 Å². The molecule has 0 spiro atoms. The Morgan fingerprint density at radius 2 is 1.92 bits per heavy atom. The number of rotatable bonds is 6. The highest BCUT2D eigenvalue weighted by Gasteiger charge is 2.18. The van der Waals surface area contributed by atoms with E-state index in [-0.39, 0.29) is 11.8 Å². The minimum atomic E-state index is -3.29. The maximum Gasteiger partial charge on any atom is 0.179 e. The van der Waals surface area contributed by atoms with Crippen LogP contribution in [-0.2, 0) is 16.4 Å². The van der Waals surface area contributed by atoms with Crippen molar-refractivity contribution in [3.63, 3.8) is 0 Å². The molecule has 5 nitrogen and oxygen atoms in total. The molecule has 1 atom stereocenters. The molecular formula is C18H21N3O2S. The highest BCUT2D eigenvalue weighted by molar-refractivity contribution is 7.91. The van der Waals surface area contributed by atoms with Gasteiger partial charge in [-0.3, -0.25) is 0 Å². The fourth-order valence-electron chi connectivity index (χ4n) is 2.58. The van der Waals surface area contributed by atoms with E-state index in [9.17, 15) is 8.42 Å². The zero-order chi connectivity index (χ0) is 17.2. The van der Waals surface area contributed by atoms with E-state index in [1.807, 2.05) is 61.0 Å². The Labute approximate surface area is 142 Å². The smallest absolute Gasteiger partial charge is 0.179 e. The molecule has 2 heterocycles. The molecule has 0 aliphatic heterocycles. The van der Waals surface area contributed by atoms with E-state index >= 15 is 0 Å². The van der Waals surface area contributed by atoms with Crippen LogP contribution in [0.15, 0.2) is 59.8 Å². The van der Waals surface area contributed by atoms with Gasteiger partial charge in [0, 0.05) is 25.0 Å². The van der Waals surface area contributed by atoms with Crippen LogP contribution in [0, 0.1) is 6.92 Å². The van der Waals surface area contributed by atoms with Crippen molar-refractivity contribution in [2.75, 3.05) is 5.75 Å². The summed E-state index contributed by atoms with van der Waals surface area (Å²) in [5, 5.41) is 3.24. The minimum Gasteiger partial charge on any atom is -0.308 e. The molecule has 3 rings (SSSR count). The molecule has 0 aliphatic rings. The Kier molecular flexibility index (Phi) is 4.69. The fourth-order valence-corrected chi connectivity index (χ4v) is 4.10. The van der Waals surface area contributed by atoms with Gasteiger partial charge in [-0.15, -0.1) is 0 Å². The molecule has 126 valence electrons. The van der Waals surface area contributed by atoms with Gasteiger partial charge in [-0.05, 0) is 38.1 Å². The van der Waals surface area contributed by atoms with E-state index in [4.69, 9.17) is 0 Å². The highest BCUT2D eigenvalue weighted by Crippen LogP contribution is 2.13. The van der Waals surface area contributed by atoms with Crippen LogP contribution >= 0.6 is 0 Å². The third kappa shape index (κ3) is 3.83. The Balaban J connectivity index is 1.62. The lowest BCUT2D eigenvalue weighted by Gasteiger charge is -2.13. The van der Waals surface area contributed by atoms with Crippen LogP contribution in [0.2, 0.25) is 0 Å². The first-order valence-corrected chi connectivity index (χ1v) is 9.55. The lowest BCUT2D eigenvalue weighted by molar-refractivity contribution is 0.553. The number of benzene rings is 1. The van der Waals surface area contributed by atoms with Crippen LogP contribution in [0.5, 0.6) is 0 Å². The molecule has 0 saturated heterocycles. The predicted octanol–water partition coefficient (Wildman–Crippen LogP) is 2.59. The van der Waals surface area contributed by atoms with Crippen molar-refractivity contribution < 1.29 is 8.42 Å². The van der Waals surface area contributed by atoms with Crippen molar-refractivity contribution in [3.05, 3.63) is 66.1 Å². The van der Waals surface area contributed by atoms with Crippen LogP contribution < -0.4 is 5.32 Å². The van der Waals surface area contributed by atoms with Crippen molar-refractivity contribution in [3.8, 4) is 0 Å². The summed E-state index contributed by atoms with van der Waals surface area (Å²) < 4.78 is 26.8. The van der Waals surface area contributed by atoms with Gasteiger partial charge in [0.1, 0.15) is 5.65 Å². The average molecular weight is 343 g/mol. The number of imidazole rings is 1. The van der Waals surface area contributed by atoms with Crippen LogP contribution in [-0.4, -0.2) is 29.6 Å². The number of sulfone groups is 1. The Morgan fingerprint density at radius 1 is 1.17 bits per heavy atom. The summed E-state index contributed by atoms with van der Waals surface area (Å²) in [6, 6.07) is 12.6. The summed E-state index contributed by atoms with van der Waals surface area (Å²) in [6.07, 6.45) is 3.89. The molecule has 0 amide bonds. The first kappa shape index (κ1) is 16.7. The molecule has 0 radical (unpaired) electrons. The average Bonchev–Trinajstić information content (AvgIpc) is 2.96. The summed E-state index contributed by atoms with van der Waals surface area (Å²) in [5.41, 5.74) is 2.82. The second-order valence-corrected chi connectivity index (χ2v) is 8.11. The molecule has 2 aromatic heterocycles. The molecule has 6 heteroatoms. The van der Waals surface area contributed by atoms with Crippen LogP contribution in [0.1, 0.15) is 18.2 Å². The van der Waals surface area contributed by atoms with E-state index in [1.54, 1.807) is 12.1 Å². The number of aryl methyl sites for hydroxylation is 1. The van der Waals surface area contributed by atoms with E-state index in [2.05, 4.69) is 10.3 Å². The maximum atomic E-state index is 12.4. The molecule has 3 aromatic rings. The summed E-state index contributed by atoms with van der Waals surface area (Å²) >= 11 is 0. The molecule has 0 aliphatic carbocycles. The van der Waals surface area contributed by atoms with Gasteiger partial charge < -0.3 is 9.72 Å². The molecular weight excluding hydrogens is 322 g/mol. The topological polar surface area (TPSA) is 63.5 Å². The van der Waals surface area contributed by atoms with Crippen molar-refractivity contribution in [2.45, 2.75) is 31.3 Å². The maximum absolute atomic E-state index is 12.4. The number of nitrogens with zero attached hydrogens (tertiary/aromatic N) is 2. The minimum absolute atomic E-state index is 0.0590. The van der Waals surface area contributed by atoms with Crippen LogP contribution in [0.4, 0.5) is 0 Å². The first-order chi connectivity index (χ1) is 11.4.